The van der Waals surface area contributed by atoms with E-state index in [1.165, 1.54) is 0 Å². The molecule has 6 nitrogen and oxygen atoms in total. The Labute approximate surface area is 104 Å². The monoisotopic (exact) mass is 253 g/mol. The molecule has 3 heterocycles. The number of aliphatic hydroxyl groups excluding tert-OH is 1. The number of halogens is 1. The summed E-state index contributed by atoms with van der Waals surface area (Å²) in [6, 6.07) is 0.322. The van der Waals surface area contributed by atoms with Crippen LogP contribution in [0.4, 0.5) is 16.2 Å². The Morgan fingerprint density at radius 1 is 1.39 bits per heavy atom. The number of fused-ring (bicyclic) bond motifs is 2. The fourth-order valence-electron chi connectivity index (χ4n) is 3.10. The van der Waals surface area contributed by atoms with E-state index in [0.29, 0.717) is 12.8 Å². The van der Waals surface area contributed by atoms with Crippen molar-refractivity contribution in [2.75, 3.05) is 10.3 Å². The lowest BCUT2D eigenvalue weighted by Crippen LogP contribution is -2.45. The van der Waals surface area contributed by atoms with Gasteiger partial charge in [0, 0.05) is 12.1 Å². The zero-order valence-electron chi connectivity index (χ0n) is 9.88. The molecular weight excluding hydrogens is 237 g/mol. The van der Waals surface area contributed by atoms with Gasteiger partial charge in [-0.3, -0.25) is 5.43 Å². The van der Waals surface area contributed by atoms with Crippen LogP contribution in [0, 0.1) is 5.82 Å². The Hall–Kier alpha value is -1.47. The van der Waals surface area contributed by atoms with E-state index in [-0.39, 0.29) is 30.0 Å². The summed E-state index contributed by atoms with van der Waals surface area (Å²) in [7, 11) is 0. The highest BCUT2D eigenvalue weighted by Crippen LogP contribution is 2.39. The lowest BCUT2D eigenvalue weighted by molar-refractivity contribution is 0.125. The van der Waals surface area contributed by atoms with E-state index in [2.05, 4.69) is 15.4 Å². The van der Waals surface area contributed by atoms with E-state index in [0.717, 1.165) is 19.0 Å². The van der Waals surface area contributed by atoms with Crippen molar-refractivity contribution in [1.29, 1.82) is 0 Å². The standard InChI is InChI=1S/C11H16FN5O/c12-9-5-14-11(16-13)15-10(9)17-6-1-2-7(17)4-8(18)3-6/h5-8,18H,1-4,13H2,(H,14,15,16). The second-order valence-electron chi connectivity index (χ2n) is 4.93. The number of aromatic nitrogens is 2. The zero-order chi connectivity index (χ0) is 12.7. The van der Waals surface area contributed by atoms with Crippen molar-refractivity contribution in [3.63, 3.8) is 0 Å². The van der Waals surface area contributed by atoms with Gasteiger partial charge < -0.3 is 10.0 Å². The predicted molar refractivity (Wildman–Crippen MR) is 64.3 cm³/mol. The van der Waals surface area contributed by atoms with E-state index < -0.39 is 5.82 Å². The number of nitrogens with zero attached hydrogens (tertiary/aromatic N) is 3. The molecule has 0 saturated carbocycles. The number of anilines is 2. The number of hydrazine groups is 1. The molecule has 2 aliphatic rings. The number of hydrogen-bond donors (Lipinski definition) is 3. The maximum Gasteiger partial charge on any atom is 0.239 e. The number of aliphatic hydroxyl groups is 1. The molecule has 1 aromatic heterocycles. The van der Waals surface area contributed by atoms with Crippen LogP contribution in [0.25, 0.3) is 0 Å². The summed E-state index contributed by atoms with van der Waals surface area (Å²) < 4.78 is 13.9. The molecule has 0 radical (unpaired) electrons. The van der Waals surface area contributed by atoms with Crippen molar-refractivity contribution in [2.24, 2.45) is 5.84 Å². The van der Waals surface area contributed by atoms with Crippen molar-refractivity contribution in [1.82, 2.24) is 9.97 Å². The summed E-state index contributed by atoms with van der Waals surface area (Å²) in [5, 5.41) is 9.74. The molecule has 2 saturated heterocycles. The highest BCUT2D eigenvalue weighted by atomic mass is 19.1. The van der Waals surface area contributed by atoms with Crippen LogP contribution in [0.5, 0.6) is 0 Å². The number of hydrogen-bond acceptors (Lipinski definition) is 6. The number of piperidine rings is 1. The third-order valence-corrected chi connectivity index (χ3v) is 3.81. The van der Waals surface area contributed by atoms with Crippen LogP contribution in [-0.4, -0.2) is 33.3 Å². The molecule has 0 spiro atoms. The van der Waals surface area contributed by atoms with Crippen molar-refractivity contribution in [3.8, 4) is 0 Å². The number of nitrogens with one attached hydrogen (secondary N) is 1. The lowest BCUT2D eigenvalue weighted by Gasteiger charge is -2.38. The Morgan fingerprint density at radius 3 is 2.67 bits per heavy atom. The van der Waals surface area contributed by atoms with E-state index in [9.17, 15) is 9.50 Å². The third-order valence-electron chi connectivity index (χ3n) is 3.81. The minimum Gasteiger partial charge on any atom is -0.393 e. The predicted octanol–water partition coefficient (Wildman–Crippen LogP) is 0.393. The molecule has 2 unspecified atom stereocenters. The van der Waals surface area contributed by atoms with Gasteiger partial charge >= 0.3 is 0 Å². The zero-order valence-corrected chi connectivity index (χ0v) is 9.88. The highest BCUT2D eigenvalue weighted by molar-refractivity contribution is 5.47. The summed E-state index contributed by atoms with van der Waals surface area (Å²) in [6.45, 7) is 0. The molecule has 2 aliphatic heterocycles. The SMILES string of the molecule is NNc1ncc(F)c(N2C3CCC2CC(O)C3)n1. The van der Waals surface area contributed by atoms with Gasteiger partial charge in [0.25, 0.3) is 0 Å². The summed E-state index contributed by atoms with van der Waals surface area (Å²) >= 11 is 0. The van der Waals surface area contributed by atoms with Gasteiger partial charge in [-0.15, -0.1) is 0 Å². The largest absolute Gasteiger partial charge is 0.393 e. The van der Waals surface area contributed by atoms with E-state index >= 15 is 0 Å². The first kappa shape index (κ1) is 11.6. The molecule has 18 heavy (non-hydrogen) atoms. The van der Waals surface area contributed by atoms with E-state index in [4.69, 9.17) is 5.84 Å². The molecule has 4 N–H and O–H groups in total. The van der Waals surface area contributed by atoms with Crippen LogP contribution >= 0.6 is 0 Å². The first-order valence-corrected chi connectivity index (χ1v) is 6.14. The molecule has 1 aromatic rings. The van der Waals surface area contributed by atoms with Crippen LogP contribution in [0.2, 0.25) is 0 Å². The summed E-state index contributed by atoms with van der Waals surface area (Å²) in [5.41, 5.74) is 2.33. The summed E-state index contributed by atoms with van der Waals surface area (Å²) in [4.78, 5) is 9.82. The maximum absolute atomic E-state index is 13.9. The molecule has 2 atom stereocenters. The Kier molecular flexibility index (Phi) is 2.79. The summed E-state index contributed by atoms with van der Waals surface area (Å²) in [5.74, 6) is 5.30. The molecule has 2 fully saturated rings. The summed E-state index contributed by atoms with van der Waals surface area (Å²) in [6.07, 6.45) is 4.13. The molecule has 2 bridgehead atoms. The normalized spacial score (nSPS) is 30.6. The van der Waals surface area contributed by atoms with Gasteiger partial charge in [-0.25, -0.2) is 15.2 Å². The molecule has 0 aliphatic carbocycles. The fourth-order valence-corrected chi connectivity index (χ4v) is 3.10. The maximum atomic E-state index is 13.9. The second kappa shape index (κ2) is 4.33. The number of rotatable bonds is 2. The second-order valence-corrected chi connectivity index (χ2v) is 4.93. The quantitative estimate of drug-likeness (QED) is 0.522. The topological polar surface area (TPSA) is 87.3 Å². The number of nitrogens with two attached hydrogens (primary N) is 1. The van der Waals surface area contributed by atoms with Gasteiger partial charge in [0.15, 0.2) is 11.6 Å². The van der Waals surface area contributed by atoms with Crippen LogP contribution in [0.3, 0.4) is 0 Å². The smallest absolute Gasteiger partial charge is 0.239 e. The van der Waals surface area contributed by atoms with Crippen LogP contribution < -0.4 is 16.2 Å². The first-order valence-electron chi connectivity index (χ1n) is 6.14. The number of nitrogen functional groups attached to an aromatic ring is 1. The molecule has 3 rings (SSSR count). The molecule has 0 amide bonds. The van der Waals surface area contributed by atoms with E-state index in [1.54, 1.807) is 0 Å². The van der Waals surface area contributed by atoms with Gasteiger partial charge in [-0.1, -0.05) is 0 Å². The lowest BCUT2D eigenvalue weighted by atomic mass is 10.00. The van der Waals surface area contributed by atoms with Gasteiger partial charge in [0.05, 0.1) is 12.3 Å². The van der Waals surface area contributed by atoms with Crippen LogP contribution in [0.15, 0.2) is 6.20 Å². The van der Waals surface area contributed by atoms with E-state index in [1.807, 2.05) is 4.90 Å². The average Bonchev–Trinajstić information content (AvgIpc) is 2.63. The van der Waals surface area contributed by atoms with Crippen molar-refractivity contribution in [3.05, 3.63) is 12.0 Å². The van der Waals surface area contributed by atoms with Crippen LogP contribution in [0.1, 0.15) is 25.7 Å². The molecule has 98 valence electrons. The van der Waals surface area contributed by atoms with Crippen molar-refractivity contribution >= 4 is 11.8 Å². The fraction of sp³-hybridized carbons (Fsp3) is 0.636. The minimum absolute atomic E-state index is 0.161. The van der Waals surface area contributed by atoms with Crippen molar-refractivity contribution < 1.29 is 9.50 Å². The first-order chi connectivity index (χ1) is 8.69. The highest BCUT2D eigenvalue weighted by Gasteiger charge is 2.42. The Bertz CT molecular complexity index is 443. The molecule has 7 heteroatoms. The Morgan fingerprint density at radius 2 is 2.06 bits per heavy atom. The Balaban J connectivity index is 1.95. The van der Waals surface area contributed by atoms with Gasteiger partial charge in [0.2, 0.25) is 5.95 Å². The molecule has 0 aromatic carbocycles. The van der Waals surface area contributed by atoms with Crippen LogP contribution in [-0.2, 0) is 0 Å². The minimum atomic E-state index is -0.442. The van der Waals surface area contributed by atoms with Gasteiger partial charge in [0.1, 0.15) is 0 Å². The van der Waals surface area contributed by atoms with Crippen molar-refractivity contribution in [2.45, 2.75) is 43.9 Å². The third kappa shape index (κ3) is 1.79. The average molecular weight is 253 g/mol. The van der Waals surface area contributed by atoms with Gasteiger partial charge in [-0.05, 0) is 25.7 Å². The van der Waals surface area contributed by atoms with Gasteiger partial charge in [-0.2, -0.15) is 4.98 Å². The molecular formula is C11H16FN5O.